The van der Waals surface area contributed by atoms with Crippen molar-refractivity contribution in [1.29, 1.82) is 0 Å². The van der Waals surface area contributed by atoms with Crippen LogP contribution in [0.4, 0.5) is 18.3 Å². The van der Waals surface area contributed by atoms with Gasteiger partial charge >= 0.3 is 6.18 Å². The predicted molar refractivity (Wildman–Crippen MR) is 117 cm³/mol. The number of aromatic nitrogens is 1. The second-order valence-corrected chi connectivity index (χ2v) is 8.93. The number of hydrogen-bond donors (Lipinski definition) is 1. The molecule has 0 saturated heterocycles. The second-order valence-electron chi connectivity index (χ2n) is 7.66. The zero-order valence-electron chi connectivity index (χ0n) is 16.7. The largest absolute Gasteiger partial charge is 0.497 e. The molecule has 2 aliphatic rings. The minimum atomic E-state index is -4.95. The van der Waals surface area contributed by atoms with E-state index < -0.39 is 17.8 Å². The summed E-state index contributed by atoms with van der Waals surface area (Å²) in [5, 5.41) is 18.2. The van der Waals surface area contributed by atoms with Crippen molar-refractivity contribution < 1.29 is 23.0 Å². The monoisotopic (exact) mass is 479 g/mol. The number of anilines is 1. The molecule has 3 aromatic rings. The number of fused-ring (bicyclic) bond motifs is 3. The van der Waals surface area contributed by atoms with E-state index in [4.69, 9.17) is 16.3 Å². The normalized spacial score (nSPS) is 22.4. The van der Waals surface area contributed by atoms with Gasteiger partial charge < -0.3 is 9.84 Å². The van der Waals surface area contributed by atoms with Crippen LogP contribution in [0.1, 0.15) is 17.5 Å². The highest BCUT2D eigenvalue weighted by Gasteiger charge is 2.68. The molecule has 0 fully saturated rings. The fourth-order valence-corrected chi connectivity index (χ4v) is 5.21. The van der Waals surface area contributed by atoms with Crippen LogP contribution in [0.2, 0.25) is 5.02 Å². The standard InChI is InChI=1S/C22H17ClF3N3O2S/c1-31-15-7-8-16-13(10-15)4-9-17-19(16)28-29(21(17,30)22(24,25)26)20-27-18(11-32-20)12-2-5-14(23)6-3-12/h2-3,5-8,10-11,17,30H,4,9H2,1H3/t17-,21-/m0/s1. The SMILES string of the molecule is COc1ccc2c(c1)CC[C@H]1C2=NN(c2nc(-c3ccc(Cl)cc3)cs2)[C@@]1(O)C(F)(F)F. The van der Waals surface area contributed by atoms with Crippen molar-refractivity contribution in [2.45, 2.75) is 24.7 Å². The molecule has 2 atom stereocenters. The van der Waals surface area contributed by atoms with Gasteiger partial charge in [0.05, 0.1) is 24.4 Å². The van der Waals surface area contributed by atoms with Gasteiger partial charge in [-0.05, 0) is 48.7 Å². The molecule has 0 saturated carbocycles. The summed E-state index contributed by atoms with van der Waals surface area (Å²) in [6, 6.07) is 12.0. The average molecular weight is 480 g/mol. The van der Waals surface area contributed by atoms with E-state index in [0.29, 0.717) is 39.0 Å². The maximum absolute atomic E-state index is 14.3. The Morgan fingerprint density at radius 3 is 2.66 bits per heavy atom. The summed E-state index contributed by atoms with van der Waals surface area (Å²) in [6.07, 6.45) is -4.48. The zero-order chi connectivity index (χ0) is 22.7. The first-order chi connectivity index (χ1) is 15.2. The molecule has 2 aromatic carbocycles. The highest BCUT2D eigenvalue weighted by Crippen LogP contribution is 2.51. The first-order valence-corrected chi connectivity index (χ1v) is 11.0. The van der Waals surface area contributed by atoms with Crippen LogP contribution in [-0.4, -0.2) is 34.8 Å². The number of hydrogen-bond acceptors (Lipinski definition) is 6. The third-order valence-electron chi connectivity index (χ3n) is 5.87. The van der Waals surface area contributed by atoms with Crippen molar-refractivity contribution in [3.05, 3.63) is 64.0 Å². The first-order valence-electron chi connectivity index (χ1n) is 9.79. The summed E-state index contributed by atoms with van der Waals surface area (Å²) in [5.41, 5.74) is -0.374. The lowest BCUT2D eigenvalue weighted by Gasteiger charge is -2.38. The number of rotatable bonds is 3. The summed E-state index contributed by atoms with van der Waals surface area (Å²) in [6.45, 7) is 0. The van der Waals surface area contributed by atoms with Gasteiger partial charge in [-0.1, -0.05) is 23.7 Å². The minimum absolute atomic E-state index is 0.0354. The fourth-order valence-electron chi connectivity index (χ4n) is 4.25. The molecule has 10 heteroatoms. The highest BCUT2D eigenvalue weighted by atomic mass is 35.5. The van der Waals surface area contributed by atoms with Gasteiger partial charge in [-0.2, -0.15) is 23.3 Å². The van der Waals surface area contributed by atoms with Gasteiger partial charge in [0.25, 0.3) is 5.72 Å². The molecule has 5 rings (SSSR count). The number of thiazole rings is 1. The van der Waals surface area contributed by atoms with Crippen LogP contribution in [0.25, 0.3) is 11.3 Å². The number of benzene rings is 2. The number of aryl methyl sites for hydroxylation is 1. The Morgan fingerprint density at radius 2 is 1.97 bits per heavy atom. The number of ether oxygens (including phenoxy) is 1. The van der Waals surface area contributed by atoms with E-state index in [9.17, 15) is 18.3 Å². The summed E-state index contributed by atoms with van der Waals surface area (Å²) < 4.78 is 48.1. The lowest BCUT2D eigenvalue weighted by molar-refractivity contribution is -0.268. The number of alkyl halides is 3. The van der Waals surface area contributed by atoms with Crippen molar-refractivity contribution >= 4 is 33.8 Å². The Kier molecular flexibility index (Phi) is 4.96. The molecule has 32 heavy (non-hydrogen) atoms. The lowest BCUT2D eigenvalue weighted by Crippen LogP contribution is -2.60. The molecule has 1 aliphatic carbocycles. The molecule has 166 valence electrons. The van der Waals surface area contributed by atoms with Crippen LogP contribution in [-0.2, 0) is 6.42 Å². The first kappa shape index (κ1) is 21.2. The molecule has 5 nitrogen and oxygen atoms in total. The molecule has 0 unspecified atom stereocenters. The highest BCUT2D eigenvalue weighted by molar-refractivity contribution is 7.14. The van der Waals surface area contributed by atoms with E-state index in [1.54, 1.807) is 47.8 Å². The Hall–Kier alpha value is -2.62. The molecule has 0 radical (unpaired) electrons. The van der Waals surface area contributed by atoms with Crippen LogP contribution in [0, 0.1) is 5.92 Å². The molecule has 0 spiro atoms. The molecule has 0 bridgehead atoms. The van der Waals surface area contributed by atoms with E-state index >= 15 is 0 Å². The third-order valence-corrected chi connectivity index (χ3v) is 6.94. The molecule has 1 aromatic heterocycles. The van der Waals surface area contributed by atoms with Crippen LogP contribution in [0.5, 0.6) is 5.75 Å². The van der Waals surface area contributed by atoms with Gasteiger partial charge in [0.2, 0.25) is 5.13 Å². The summed E-state index contributed by atoms with van der Waals surface area (Å²) >= 11 is 6.91. The van der Waals surface area contributed by atoms with Gasteiger partial charge in [-0.3, -0.25) is 0 Å². The third kappa shape index (κ3) is 3.18. The Bertz CT molecular complexity index is 1210. The summed E-state index contributed by atoms with van der Waals surface area (Å²) in [7, 11) is 1.53. The Balaban J connectivity index is 1.60. The van der Waals surface area contributed by atoms with E-state index in [1.165, 1.54) is 7.11 Å². The molecular weight excluding hydrogens is 463 g/mol. The van der Waals surface area contributed by atoms with Gasteiger partial charge in [0, 0.05) is 21.5 Å². The van der Waals surface area contributed by atoms with Crippen LogP contribution in [0.3, 0.4) is 0 Å². The molecule has 0 amide bonds. The van der Waals surface area contributed by atoms with Crippen LogP contribution in [0.15, 0.2) is 52.9 Å². The lowest BCUT2D eigenvalue weighted by atomic mass is 9.77. The molecule has 1 aliphatic heterocycles. The fraction of sp³-hybridized carbons (Fsp3) is 0.273. The zero-order valence-corrected chi connectivity index (χ0v) is 18.3. The smallest absolute Gasteiger partial charge is 0.439 e. The van der Waals surface area contributed by atoms with Gasteiger partial charge in [0.1, 0.15) is 5.75 Å². The number of aliphatic hydroxyl groups is 1. The van der Waals surface area contributed by atoms with E-state index in [2.05, 4.69) is 10.1 Å². The van der Waals surface area contributed by atoms with Crippen molar-refractivity contribution in [2.75, 3.05) is 12.1 Å². The van der Waals surface area contributed by atoms with Gasteiger partial charge in [0.15, 0.2) is 0 Å². The Morgan fingerprint density at radius 1 is 1.22 bits per heavy atom. The van der Waals surface area contributed by atoms with Crippen molar-refractivity contribution in [3.8, 4) is 17.0 Å². The summed E-state index contributed by atoms with van der Waals surface area (Å²) in [5.74, 6) is -0.609. The number of methoxy groups -OCH3 is 1. The second kappa shape index (κ2) is 7.47. The van der Waals surface area contributed by atoms with Crippen molar-refractivity contribution in [1.82, 2.24) is 4.98 Å². The van der Waals surface area contributed by atoms with Crippen LogP contribution < -0.4 is 9.75 Å². The van der Waals surface area contributed by atoms with E-state index in [0.717, 1.165) is 16.9 Å². The maximum Gasteiger partial charge on any atom is 0.439 e. The Labute approximate surface area is 190 Å². The van der Waals surface area contributed by atoms with E-state index in [-0.39, 0.29) is 17.3 Å². The van der Waals surface area contributed by atoms with Crippen molar-refractivity contribution in [2.24, 2.45) is 11.0 Å². The van der Waals surface area contributed by atoms with Crippen molar-refractivity contribution in [3.63, 3.8) is 0 Å². The average Bonchev–Trinajstić information content (AvgIpc) is 3.37. The van der Waals surface area contributed by atoms with Gasteiger partial charge in [-0.15, -0.1) is 11.3 Å². The predicted octanol–water partition coefficient (Wildman–Crippen LogP) is 5.51. The molecule has 2 heterocycles. The van der Waals surface area contributed by atoms with E-state index in [1.807, 2.05) is 0 Å². The van der Waals surface area contributed by atoms with Crippen LogP contribution >= 0.6 is 22.9 Å². The van der Waals surface area contributed by atoms with Gasteiger partial charge in [-0.25, -0.2) is 4.98 Å². The quantitative estimate of drug-likeness (QED) is 0.538. The topological polar surface area (TPSA) is 58.0 Å². The number of hydrazone groups is 1. The molecule has 1 N–H and O–H groups in total. The maximum atomic E-state index is 14.3. The summed E-state index contributed by atoms with van der Waals surface area (Å²) in [4.78, 5) is 4.36. The minimum Gasteiger partial charge on any atom is -0.497 e. The molecular formula is C22H17ClF3N3O2S. The number of halogens is 4. The number of nitrogens with zero attached hydrogens (tertiary/aromatic N) is 3.